The maximum absolute atomic E-state index is 9.58. The van der Waals surface area contributed by atoms with Crippen LogP contribution in [-0.2, 0) is 0 Å². The molecule has 0 aliphatic carbocycles. The number of ether oxygens (including phenoxy) is 2. The molecule has 38 heavy (non-hydrogen) atoms. The Bertz CT molecular complexity index is 1060. The van der Waals surface area contributed by atoms with Crippen molar-refractivity contribution in [3.63, 3.8) is 0 Å². The van der Waals surface area contributed by atoms with Gasteiger partial charge in [-0.3, -0.25) is 9.98 Å². The fourth-order valence-electron chi connectivity index (χ4n) is 3.83. The second-order valence-electron chi connectivity index (χ2n) is 9.30. The predicted octanol–water partition coefficient (Wildman–Crippen LogP) is 8.52. The molecule has 0 aliphatic heterocycles. The zero-order valence-corrected chi connectivity index (χ0v) is 22.6. The van der Waals surface area contributed by atoms with Gasteiger partial charge in [-0.1, -0.05) is 52.4 Å². The van der Waals surface area contributed by atoms with Gasteiger partial charge in [0.25, 0.3) is 0 Å². The molecule has 2 N–H and O–H groups in total. The third kappa shape index (κ3) is 9.92. The van der Waals surface area contributed by atoms with Crippen LogP contribution in [0.2, 0.25) is 0 Å². The van der Waals surface area contributed by atoms with Crippen molar-refractivity contribution in [2.24, 2.45) is 9.98 Å². The number of nitrogens with zero attached hydrogens (tertiary/aromatic N) is 2. The highest BCUT2D eigenvalue weighted by Gasteiger charge is 2.11. The van der Waals surface area contributed by atoms with Crippen molar-refractivity contribution in [3.05, 3.63) is 71.8 Å². The summed E-state index contributed by atoms with van der Waals surface area (Å²) in [5.41, 5.74) is 3.10. The fourth-order valence-corrected chi connectivity index (χ4v) is 3.83. The lowest BCUT2D eigenvalue weighted by molar-refractivity contribution is 0.296. The standard InChI is InChI=1S/C32H40N2O4/c1-3-5-7-9-19-37-31-21-26(24-34-28-13-17-30(36)18-14-28)32(38-20-10-8-6-4-2)22-25(31)23-33-27-11-15-29(35)16-12-27/h11-18,21-24,35-36H,3-10,19-20H2,1-2H3. The number of aliphatic imine (C=N–C) groups is 2. The molecule has 3 rings (SSSR count). The predicted molar refractivity (Wildman–Crippen MR) is 156 cm³/mol. The van der Waals surface area contributed by atoms with Gasteiger partial charge in [-0.15, -0.1) is 0 Å². The molecule has 0 aromatic heterocycles. The van der Waals surface area contributed by atoms with Gasteiger partial charge >= 0.3 is 0 Å². The van der Waals surface area contributed by atoms with Crippen LogP contribution in [0.15, 0.2) is 70.6 Å². The van der Waals surface area contributed by atoms with Crippen molar-refractivity contribution >= 4 is 23.8 Å². The van der Waals surface area contributed by atoms with Crippen LogP contribution in [-0.4, -0.2) is 35.9 Å². The summed E-state index contributed by atoms with van der Waals surface area (Å²) < 4.78 is 12.5. The van der Waals surface area contributed by atoms with Crippen LogP contribution in [0, 0.1) is 0 Å². The Labute approximate surface area is 226 Å². The second kappa shape index (κ2) is 16.1. The zero-order valence-electron chi connectivity index (χ0n) is 22.6. The smallest absolute Gasteiger partial charge is 0.128 e. The lowest BCUT2D eigenvalue weighted by Gasteiger charge is -2.15. The Balaban J connectivity index is 1.91. The van der Waals surface area contributed by atoms with Gasteiger partial charge in [-0.2, -0.15) is 0 Å². The summed E-state index contributed by atoms with van der Waals surface area (Å²) in [4.78, 5) is 9.20. The SMILES string of the molecule is CCCCCCOc1cc(C=Nc2ccc(O)cc2)c(OCCCCCC)cc1C=Nc1ccc(O)cc1. The maximum Gasteiger partial charge on any atom is 0.128 e. The number of unbranched alkanes of at least 4 members (excludes halogenated alkanes) is 6. The van der Waals surface area contributed by atoms with Crippen LogP contribution in [0.3, 0.4) is 0 Å². The van der Waals surface area contributed by atoms with Crippen molar-refractivity contribution in [2.45, 2.75) is 65.2 Å². The van der Waals surface area contributed by atoms with E-state index in [1.807, 2.05) is 12.1 Å². The molecule has 202 valence electrons. The number of hydrogen-bond acceptors (Lipinski definition) is 6. The van der Waals surface area contributed by atoms with E-state index in [1.54, 1.807) is 61.0 Å². The molecule has 6 nitrogen and oxygen atoms in total. The average Bonchev–Trinajstić information content (AvgIpc) is 2.93. The van der Waals surface area contributed by atoms with Crippen molar-refractivity contribution in [2.75, 3.05) is 13.2 Å². The first kappa shape index (κ1) is 28.8. The van der Waals surface area contributed by atoms with E-state index >= 15 is 0 Å². The van der Waals surface area contributed by atoms with Gasteiger partial charge in [-0.05, 0) is 73.5 Å². The highest BCUT2D eigenvalue weighted by atomic mass is 16.5. The zero-order chi connectivity index (χ0) is 27.0. The molecule has 0 aliphatic rings. The molecule has 6 heteroatoms. The van der Waals surface area contributed by atoms with E-state index in [0.29, 0.717) is 13.2 Å². The Morgan fingerprint density at radius 2 is 0.974 bits per heavy atom. The number of rotatable bonds is 16. The molecule has 0 bridgehead atoms. The van der Waals surface area contributed by atoms with Crippen LogP contribution >= 0.6 is 0 Å². The average molecular weight is 517 g/mol. The summed E-state index contributed by atoms with van der Waals surface area (Å²) >= 11 is 0. The van der Waals surface area contributed by atoms with Gasteiger partial charge in [0.05, 0.1) is 24.6 Å². The van der Waals surface area contributed by atoms with Crippen LogP contribution in [0.5, 0.6) is 23.0 Å². The summed E-state index contributed by atoms with van der Waals surface area (Å²) in [7, 11) is 0. The number of hydrogen-bond donors (Lipinski definition) is 2. The summed E-state index contributed by atoms with van der Waals surface area (Å²) in [6, 6.07) is 17.4. The molecule has 0 amide bonds. The molecule has 0 fully saturated rings. The monoisotopic (exact) mass is 516 g/mol. The first-order valence-corrected chi connectivity index (χ1v) is 13.7. The Morgan fingerprint density at radius 1 is 0.579 bits per heavy atom. The minimum atomic E-state index is 0.205. The highest BCUT2D eigenvalue weighted by Crippen LogP contribution is 2.30. The Hall–Kier alpha value is -3.80. The van der Waals surface area contributed by atoms with Gasteiger partial charge in [0.1, 0.15) is 23.0 Å². The van der Waals surface area contributed by atoms with Crippen molar-refractivity contribution in [1.29, 1.82) is 0 Å². The second-order valence-corrected chi connectivity index (χ2v) is 9.30. The van der Waals surface area contributed by atoms with E-state index in [0.717, 1.165) is 59.7 Å². The molecule has 0 radical (unpaired) electrons. The minimum Gasteiger partial charge on any atom is -0.508 e. The normalized spacial score (nSPS) is 11.4. The minimum absolute atomic E-state index is 0.205. The molecule has 0 unspecified atom stereocenters. The number of phenolic OH excluding ortho intramolecular Hbond substituents is 2. The van der Waals surface area contributed by atoms with Crippen LogP contribution in [0.25, 0.3) is 0 Å². The number of aromatic hydroxyl groups is 2. The lowest BCUT2D eigenvalue weighted by atomic mass is 10.1. The van der Waals surface area contributed by atoms with Crippen LogP contribution < -0.4 is 9.47 Å². The molecule has 3 aromatic carbocycles. The summed E-state index contributed by atoms with van der Waals surface area (Å²) in [5.74, 6) is 1.84. The molecule has 0 heterocycles. The summed E-state index contributed by atoms with van der Waals surface area (Å²) in [6.45, 7) is 5.62. The van der Waals surface area contributed by atoms with Gasteiger partial charge in [0.2, 0.25) is 0 Å². The molecule has 0 saturated carbocycles. The molecular formula is C32H40N2O4. The van der Waals surface area contributed by atoms with Crippen molar-refractivity contribution in [3.8, 4) is 23.0 Å². The number of benzene rings is 3. The Kier molecular flexibility index (Phi) is 12.2. The fraction of sp³-hybridized carbons (Fsp3) is 0.375. The topological polar surface area (TPSA) is 83.6 Å². The van der Waals surface area contributed by atoms with Gasteiger partial charge in [0.15, 0.2) is 0 Å². The summed E-state index contributed by atoms with van der Waals surface area (Å²) in [5, 5.41) is 19.2. The molecule has 0 spiro atoms. The lowest BCUT2D eigenvalue weighted by Crippen LogP contribution is -2.05. The van der Waals surface area contributed by atoms with Gasteiger partial charge < -0.3 is 19.7 Å². The highest BCUT2D eigenvalue weighted by molar-refractivity contribution is 5.92. The molecule has 0 saturated heterocycles. The third-order valence-corrected chi connectivity index (χ3v) is 6.06. The Morgan fingerprint density at radius 3 is 1.34 bits per heavy atom. The van der Waals surface area contributed by atoms with Crippen LogP contribution in [0.4, 0.5) is 11.4 Å². The number of phenols is 2. The van der Waals surface area contributed by atoms with Crippen LogP contribution in [0.1, 0.15) is 76.3 Å². The molecule has 3 aromatic rings. The molecule has 0 atom stereocenters. The quantitative estimate of drug-likeness (QED) is 0.148. The van der Waals surface area contributed by atoms with Crippen molar-refractivity contribution in [1.82, 2.24) is 0 Å². The van der Waals surface area contributed by atoms with Gasteiger partial charge in [-0.25, -0.2) is 0 Å². The largest absolute Gasteiger partial charge is 0.508 e. The van der Waals surface area contributed by atoms with E-state index in [-0.39, 0.29) is 11.5 Å². The van der Waals surface area contributed by atoms with E-state index < -0.39 is 0 Å². The third-order valence-electron chi connectivity index (χ3n) is 6.06. The van der Waals surface area contributed by atoms with E-state index in [1.165, 1.54) is 25.7 Å². The first-order chi connectivity index (χ1) is 18.6. The van der Waals surface area contributed by atoms with Crippen molar-refractivity contribution < 1.29 is 19.7 Å². The first-order valence-electron chi connectivity index (χ1n) is 13.7. The van der Waals surface area contributed by atoms with E-state index in [2.05, 4.69) is 23.8 Å². The van der Waals surface area contributed by atoms with Gasteiger partial charge in [0, 0.05) is 23.6 Å². The maximum atomic E-state index is 9.58. The summed E-state index contributed by atoms with van der Waals surface area (Å²) in [6.07, 6.45) is 12.5. The van der Waals surface area contributed by atoms with E-state index in [9.17, 15) is 10.2 Å². The van der Waals surface area contributed by atoms with E-state index in [4.69, 9.17) is 9.47 Å². The molecular weight excluding hydrogens is 476 g/mol.